The van der Waals surface area contributed by atoms with Crippen molar-refractivity contribution in [3.05, 3.63) is 70.8 Å². The van der Waals surface area contributed by atoms with Crippen molar-refractivity contribution in [1.82, 2.24) is 9.97 Å². The van der Waals surface area contributed by atoms with Crippen LogP contribution in [0.4, 0.5) is 11.6 Å². The van der Waals surface area contributed by atoms with Gasteiger partial charge in [-0.2, -0.15) is 0 Å². The van der Waals surface area contributed by atoms with E-state index >= 15 is 0 Å². The Balaban J connectivity index is 1.82. The molecule has 0 aliphatic carbocycles. The number of aromatic nitrogens is 2. The summed E-state index contributed by atoms with van der Waals surface area (Å²) in [6, 6.07) is 16.6. The number of nitrogens with zero attached hydrogens (tertiary/aromatic N) is 2. The molecule has 3 N–H and O–H groups in total. The lowest BCUT2D eigenvalue weighted by molar-refractivity contribution is 0.100. The molecule has 5 nitrogen and oxygen atoms in total. The molecule has 0 radical (unpaired) electrons. The predicted octanol–water partition coefficient (Wildman–Crippen LogP) is 3.75. The van der Waals surface area contributed by atoms with E-state index in [2.05, 4.69) is 31.2 Å². The number of hydrogen-bond acceptors (Lipinski definition) is 4. The van der Waals surface area contributed by atoms with Gasteiger partial charge in [-0.25, -0.2) is 9.97 Å². The zero-order chi connectivity index (χ0) is 16.2. The molecule has 6 heteroatoms. The van der Waals surface area contributed by atoms with Crippen molar-refractivity contribution in [2.75, 3.05) is 5.32 Å². The van der Waals surface area contributed by atoms with Gasteiger partial charge in [-0.3, -0.25) is 4.79 Å². The van der Waals surface area contributed by atoms with Gasteiger partial charge < -0.3 is 11.1 Å². The average molecular weight is 369 g/mol. The van der Waals surface area contributed by atoms with E-state index in [4.69, 9.17) is 5.73 Å². The van der Waals surface area contributed by atoms with Crippen molar-refractivity contribution in [3.63, 3.8) is 0 Å². The number of anilines is 2. The van der Waals surface area contributed by atoms with Crippen molar-refractivity contribution >= 4 is 33.5 Å². The van der Waals surface area contributed by atoms with Crippen molar-refractivity contribution in [1.29, 1.82) is 0 Å². The maximum atomic E-state index is 11.1. The lowest BCUT2D eigenvalue weighted by Crippen LogP contribution is -2.10. The van der Waals surface area contributed by atoms with Gasteiger partial charge in [0.25, 0.3) is 0 Å². The monoisotopic (exact) mass is 368 g/mol. The van der Waals surface area contributed by atoms with E-state index in [1.54, 1.807) is 30.5 Å². The fourth-order valence-corrected chi connectivity index (χ4v) is 2.31. The molecule has 0 unspecified atom stereocenters. The summed E-state index contributed by atoms with van der Waals surface area (Å²) in [6.45, 7) is 0. The minimum atomic E-state index is -0.454. The van der Waals surface area contributed by atoms with E-state index < -0.39 is 5.91 Å². The summed E-state index contributed by atoms with van der Waals surface area (Å²) in [5.41, 5.74) is 8.29. The zero-order valence-corrected chi connectivity index (χ0v) is 13.6. The van der Waals surface area contributed by atoms with Crippen LogP contribution in [0.25, 0.3) is 11.3 Å². The van der Waals surface area contributed by atoms with Gasteiger partial charge in [-0.15, -0.1) is 0 Å². The van der Waals surface area contributed by atoms with E-state index in [0.717, 1.165) is 21.4 Å². The highest BCUT2D eigenvalue weighted by atomic mass is 79.9. The predicted molar refractivity (Wildman–Crippen MR) is 93.4 cm³/mol. The molecule has 0 saturated carbocycles. The summed E-state index contributed by atoms with van der Waals surface area (Å²) < 4.78 is 1.02. The van der Waals surface area contributed by atoms with Gasteiger partial charge in [0.15, 0.2) is 0 Å². The van der Waals surface area contributed by atoms with E-state index in [0.29, 0.717) is 11.5 Å². The van der Waals surface area contributed by atoms with Crippen LogP contribution in [0.15, 0.2) is 65.3 Å². The van der Waals surface area contributed by atoms with Crippen molar-refractivity contribution in [2.24, 2.45) is 5.73 Å². The summed E-state index contributed by atoms with van der Waals surface area (Å²) in [6.07, 6.45) is 1.70. The molecule has 0 fully saturated rings. The van der Waals surface area contributed by atoms with E-state index in [-0.39, 0.29) is 0 Å². The lowest BCUT2D eigenvalue weighted by Gasteiger charge is -2.07. The molecule has 114 valence electrons. The fourth-order valence-electron chi connectivity index (χ4n) is 2.05. The second-order valence-corrected chi connectivity index (χ2v) is 5.75. The first-order valence-electron chi connectivity index (χ1n) is 6.88. The number of amides is 1. The van der Waals surface area contributed by atoms with Gasteiger partial charge >= 0.3 is 0 Å². The maximum absolute atomic E-state index is 11.1. The van der Waals surface area contributed by atoms with Crippen LogP contribution in [-0.4, -0.2) is 15.9 Å². The molecule has 3 rings (SSSR count). The normalized spacial score (nSPS) is 10.3. The number of primary amides is 1. The molecule has 0 spiro atoms. The number of nitrogens with one attached hydrogen (secondary N) is 1. The summed E-state index contributed by atoms with van der Waals surface area (Å²) >= 11 is 3.41. The highest BCUT2D eigenvalue weighted by Crippen LogP contribution is 2.21. The Hall–Kier alpha value is -2.73. The summed E-state index contributed by atoms with van der Waals surface area (Å²) in [4.78, 5) is 19.8. The van der Waals surface area contributed by atoms with Crippen LogP contribution in [-0.2, 0) is 0 Å². The molecular weight excluding hydrogens is 356 g/mol. The van der Waals surface area contributed by atoms with Crippen LogP contribution >= 0.6 is 15.9 Å². The van der Waals surface area contributed by atoms with Crippen LogP contribution in [0.5, 0.6) is 0 Å². The summed E-state index contributed by atoms with van der Waals surface area (Å²) in [7, 11) is 0. The van der Waals surface area contributed by atoms with Crippen LogP contribution in [0.3, 0.4) is 0 Å². The van der Waals surface area contributed by atoms with Gasteiger partial charge in [-0.05, 0) is 42.5 Å². The Labute approximate surface area is 141 Å². The number of benzene rings is 2. The molecule has 0 aliphatic heterocycles. The van der Waals surface area contributed by atoms with Gasteiger partial charge in [0, 0.05) is 27.5 Å². The van der Waals surface area contributed by atoms with Gasteiger partial charge in [0.2, 0.25) is 11.9 Å². The SMILES string of the molecule is NC(=O)c1ccc(Nc2nccc(-c3ccc(Br)cc3)n2)cc1. The molecule has 0 aliphatic rings. The van der Waals surface area contributed by atoms with Crippen molar-refractivity contribution in [3.8, 4) is 11.3 Å². The third kappa shape index (κ3) is 3.73. The molecule has 0 saturated heterocycles. The molecule has 3 aromatic rings. The minimum Gasteiger partial charge on any atom is -0.366 e. The Morgan fingerprint density at radius 3 is 2.35 bits per heavy atom. The summed E-state index contributed by atoms with van der Waals surface area (Å²) in [5, 5.41) is 3.11. The van der Waals surface area contributed by atoms with E-state index in [9.17, 15) is 4.79 Å². The largest absolute Gasteiger partial charge is 0.366 e. The van der Waals surface area contributed by atoms with Crippen molar-refractivity contribution in [2.45, 2.75) is 0 Å². The maximum Gasteiger partial charge on any atom is 0.248 e. The zero-order valence-electron chi connectivity index (χ0n) is 12.0. The van der Waals surface area contributed by atoms with Gasteiger partial charge in [0.1, 0.15) is 0 Å². The van der Waals surface area contributed by atoms with Crippen LogP contribution in [0.2, 0.25) is 0 Å². The molecular formula is C17H13BrN4O. The number of carbonyl (C=O) groups is 1. The number of nitrogens with two attached hydrogens (primary N) is 1. The Kier molecular flexibility index (Phi) is 4.34. The molecule has 2 aromatic carbocycles. The quantitative estimate of drug-likeness (QED) is 0.734. The van der Waals surface area contributed by atoms with Crippen LogP contribution < -0.4 is 11.1 Å². The van der Waals surface area contributed by atoms with E-state index in [1.165, 1.54) is 0 Å². The molecule has 0 bridgehead atoms. The minimum absolute atomic E-state index is 0.454. The van der Waals surface area contributed by atoms with E-state index in [1.807, 2.05) is 30.3 Å². The number of rotatable bonds is 4. The van der Waals surface area contributed by atoms with Crippen molar-refractivity contribution < 1.29 is 4.79 Å². The smallest absolute Gasteiger partial charge is 0.248 e. The highest BCUT2D eigenvalue weighted by Gasteiger charge is 2.04. The molecule has 1 aromatic heterocycles. The fraction of sp³-hybridized carbons (Fsp3) is 0. The molecule has 23 heavy (non-hydrogen) atoms. The number of halogens is 1. The molecule has 1 heterocycles. The second kappa shape index (κ2) is 6.58. The van der Waals surface area contributed by atoms with Gasteiger partial charge in [0.05, 0.1) is 5.69 Å². The number of carbonyl (C=O) groups excluding carboxylic acids is 1. The number of hydrogen-bond donors (Lipinski definition) is 2. The summed E-state index contributed by atoms with van der Waals surface area (Å²) in [5.74, 6) is 0.0299. The second-order valence-electron chi connectivity index (χ2n) is 4.84. The Morgan fingerprint density at radius 1 is 1.00 bits per heavy atom. The Morgan fingerprint density at radius 2 is 1.70 bits per heavy atom. The molecule has 1 amide bonds. The van der Waals surface area contributed by atoms with Crippen LogP contribution in [0.1, 0.15) is 10.4 Å². The first-order valence-corrected chi connectivity index (χ1v) is 7.67. The Bertz CT molecular complexity index is 832. The standard InChI is InChI=1S/C17H13BrN4O/c18-13-5-1-11(2-6-13)15-9-10-20-17(22-15)21-14-7-3-12(4-8-14)16(19)23/h1-10H,(H2,19,23)(H,20,21,22). The first kappa shape index (κ1) is 15.2. The van der Waals surface area contributed by atoms with Gasteiger partial charge in [-0.1, -0.05) is 28.1 Å². The highest BCUT2D eigenvalue weighted by molar-refractivity contribution is 9.10. The first-order chi connectivity index (χ1) is 11.1. The third-order valence-electron chi connectivity index (χ3n) is 3.22. The molecule has 0 atom stereocenters. The topological polar surface area (TPSA) is 80.9 Å². The third-order valence-corrected chi connectivity index (χ3v) is 3.75. The van der Waals surface area contributed by atoms with Crippen LogP contribution in [0, 0.1) is 0 Å². The average Bonchev–Trinajstić information content (AvgIpc) is 2.56. The lowest BCUT2D eigenvalue weighted by atomic mass is 10.1.